The van der Waals surface area contributed by atoms with Gasteiger partial charge in [-0.3, -0.25) is 20.4 Å². The molecule has 1 aliphatic rings. The van der Waals surface area contributed by atoms with Crippen LogP contribution in [0.2, 0.25) is 0 Å². The maximum atomic E-state index is 12.3. The molecule has 1 saturated carbocycles. The first kappa shape index (κ1) is 13.4. The predicted octanol–water partition coefficient (Wildman–Crippen LogP) is 1.89. The van der Waals surface area contributed by atoms with Crippen LogP contribution in [-0.2, 0) is 4.79 Å². The lowest BCUT2D eigenvalue weighted by atomic mass is 10.1. The number of hydrogen-bond donors (Lipinski definition) is 2. The van der Waals surface area contributed by atoms with E-state index < -0.39 is 0 Å². The van der Waals surface area contributed by atoms with Crippen molar-refractivity contribution in [2.24, 2.45) is 11.8 Å². The molecule has 1 aromatic heterocycles. The van der Waals surface area contributed by atoms with Gasteiger partial charge in [-0.15, -0.1) is 0 Å². The molecule has 108 valence electrons. The summed E-state index contributed by atoms with van der Waals surface area (Å²) < 4.78 is 1.86. The molecule has 0 aliphatic heterocycles. The van der Waals surface area contributed by atoms with Gasteiger partial charge < -0.3 is 4.57 Å². The van der Waals surface area contributed by atoms with E-state index in [0.717, 1.165) is 12.1 Å². The van der Waals surface area contributed by atoms with Gasteiger partial charge in [0.15, 0.2) is 0 Å². The molecule has 1 aliphatic carbocycles. The fraction of sp³-hybridized carbons (Fsp3) is 0.250. The third-order valence-electron chi connectivity index (χ3n) is 3.78. The molecule has 2 N–H and O–H groups in total. The Kier molecular flexibility index (Phi) is 3.48. The highest BCUT2D eigenvalue weighted by molar-refractivity contribution is 5.98. The summed E-state index contributed by atoms with van der Waals surface area (Å²) >= 11 is 0. The molecule has 0 saturated heterocycles. The van der Waals surface area contributed by atoms with E-state index in [1.54, 1.807) is 12.1 Å². The summed E-state index contributed by atoms with van der Waals surface area (Å²) in [5.41, 5.74) is 6.27. The number of nitrogens with one attached hydrogen (secondary N) is 2. The van der Waals surface area contributed by atoms with Crippen LogP contribution < -0.4 is 10.9 Å². The van der Waals surface area contributed by atoms with Gasteiger partial charge in [0.1, 0.15) is 0 Å². The summed E-state index contributed by atoms with van der Waals surface area (Å²) in [6, 6.07) is 11.1. The Morgan fingerprint density at radius 2 is 1.76 bits per heavy atom. The van der Waals surface area contributed by atoms with Gasteiger partial charge in [-0.1, -0.05) is 19.1 Å². The first-order valence-electron chi connectivity index (χ1n) is 6.99. The summed E-state index contributed by atoms with van der Waals surface area (Å²) in [4.78, 5) is 24.0. The summed E-state index contributed by atoms with van der Waals surface area (Å²) in [5.74, 6) is 0.00861. The highest BCUT2D eigenvalue weighted by Crippen LogP contribution is 2.37. The fourth-order valence-electron chi connectivity index (χ4n) is 2.35. The second-order valence-electron chi connectivity index (χ2n) is 5.37. The molecule has 3 rings (SSSR count). The number of nitrogens with zero attached hydrogens (tertiary/aromatic N) is 1. The minimum Gasteiger partial charge on any atom is -0.323 e. The van der Waals surface area contributed by atoms with Crippen LogP contribution in [0, 0.1) is 11.8 Å². The van der Waals surface area contributed by atoms with Crippen molar-refractivity contribution in [1.29, 1.82) is 0 Å². The molecule has 0 unspecified atom stereocenters. The minimum absolute atomic E-state index is 0.0324. The average Bonchev–Trinajstić information content (AvgIpc) is 3.02. The number of para-hydroxylation sites is 1. The van der Waals surface area contributed by atoms with Gasteiger partial charge in [0, 0.05) is 18.3 Å². The van der Waals surface area contributed by atoms with E-state index in [9.17, 15) is 9.59 Å². The SMILES string of the molecule is C[C@H]1C[C@@H]1C(=O)NNC(=O)c1ccccc1-n1cccc1. The van der Waals surface area contributed by atoms with Crippen molar-refractivity contribution >= 4 is 11.8 Å². The summed E-state index contributed by atoms with van der Waals surface area (Å²) in [7, 11) is 0. The molecule has 1 aromatic carbocycles. The Morgan fingerprint density at radius 3 is 2.43 bits per heavy atom. The van der Waals surface area contributed by atoms with Crippen molar-refractivity contribution in [2.45, 2.75) is 13.3 Å². The van der Waals surface area contributed by atoms with Crippen LogP contribution in [-0.4, -0.2) is 16.4 Å². The van der Waals surface area contributed by atoms with Crippen molar-refractivity contribution in [3.05, 3.63) is 54.4 Å². The molecule has 0 bridgehead atoms. The summed E-state index contributed by atoms with van der Waals surface area (Å²) in [6.07, 6.45) is 4.63. The first-order valence-corrected chi connectivity index (χ1v) is 6.99. The molecule has 0 spiro atoms. The molecule has 0 radical (unpaired) electrons. The van der Waals surface area contributed by atoms with Gasteiger partial charge in [-0.05, 0) is 36.6 Å². The maximum absolute atomic E-state index is 12.3. The molecule has 2 amide bonds. The van der Waals surface area contributed by atoms with Crippen LogP contribution in [0.4, 0.5) is 0 Å². The number of amides is 2. The van der Waals surface area contributed by atoms with Gasteiger partial charge in [0.05, 0.1) is 11.3 Å². The van der Waals surface area contributed by atoms with E-state index in [2.05, 4.69) is 10.9 Å². The average molecular weight is 283 g/mol. The maximum Gasteiger partial charge on any atom is 0.271 e. The second-order valence-corrected chi connectivity index (χ2v) is 5.37. The Balaban J connectivity index is 1.71. The zero-order valence-corrected chi connectivity index (χ0v) is 11.7. The number of benzene rings is 1. The van der Waals surface area contributed by atoms with Gasteiger partial charge in [-0.2, -0.15) is 0 Å². The van der Waals surface area contributed by atoms with Gasteiger partial charge in [0.2, 0.25) is 5.91 Å². The van der Waals surface area contributed by atoms with Crippen LogP contribution in [0.15, 0.2) is 48.8 Å². The van der Waals surface area contributed by atoms with Crippen LogP contribution in [0.1, 0.15) is 23.7 Å². The molecule has 21 heavy (non-hydrogen) atoms. The highest BCUT2D eigenvalue weighted by Gasteiger charge is 2.39. The zero-order valence-electron chi connectivity index (χ0n) is 11.7. The van der Waals surface area contributed by atoms with Gasteiger partial charge in [-0.25, -0.2) is 0 Å². The van der Waals surface area contributed by atoms with Crippen LogP contribution >= 0.6 is 0 Å². The standard InChI is InChI=1S/C16H17N3O2/c1-11-10-13(11)16(21)18-17-15(20)12-6-2-3-7-14(12)19-8-4-5-9-19/h2-9,11,13H,10H2,1H3,(H,17,20)(H,18,21)/t11-,13-/m0/s1. The molecule has 5 heteroatoms. The smallest absolute Gasteiger partial charge is 0.271 e. The number of hydrogen-bond acceptors (Lipinski definition) is 2. The molecule has 1 fully saturated rings. The Morgan fingerprint density at radius 1 is 1.10 bits per heavy atom. The van der Waals surface area contributed by atoms with Crippen molar-refractivity contribution in [3.8, 4) is 5.69 Å². The van der Waals surface area contributed by atoms with E-state index in [4.69, 9.17) is 0 Å². The quantitative estimate of drug-likeness (QED) is 0.845. The number of carbonyl (C=O) groups excluding carboxylic acids is 2. The minimum atomic E-state index is -0.319. The van der Waals surface area contributed by atoms with E-state index in [-0.39, 0.29) is 17.7 Å². The van der Waals surface area contributed by atoms with Crippen molar-refractivity contribution in [1.82, 2.24) is 15.4 Å². The highest BCUT2D eigenvalue weighted by atomic mass is 16.2. The second kappa shape index (κ2) is 5.44. The number of rotatable bonds is 3. The fourth-order valence-corrected chi connectivity index (χ4v) is 2.35. The predicted molar refractivity (Wildman–Crippen MR) is 78.6 cm³/mol. The first-order chi connectivity index (χ1) is 10.2. The van der Waals surface area contributed by atoms with E-state index in [1.807, 2.05) is 48.1 Å². The van der Waals surface area contributed by atoms with Crippen LogP contribution in [0.3, 0.4) is 0 Å². The largest absolute Gasteiger partial charge is 0.323 e. The lowest BCUT2D eigenvalue weighted by molar-refractivity contribution is -0.123. The monoisotopic (exact) mass is 283 g/mol. The van der Waals surface area contributed by atoms with Crippen LogP contribution in [0.5, 0.6) is 0 Å². The number of aromatic nitrogens is 1. The van der Waals surface area contributed by atoms with Crippen molar-refractivity contribution in [2.75, 3.05) is 0 Å². The lowest BCUT2D eigenvalue weighted by Gasteiger charge is -2.11. The Bertz CT molecular complexity index is 664. The molecular weight excluding hydrogens is 266 g/mol. The lowest BCUT2D eigenvalue weighted by Crippen LogP contribution is -2.42. The molecule has 1 heterocycles. The summed E-state index contributed by atoms with van der Waals surface area (Å²) in [5, 5.41) is 0. The topological polar surface area (TPSA) is 63.1 Å². The van der Waals surface area contributed by atoms with Crippen molar-refractivity contribution in [3.63, 3.8) is 0 Å². The normalized spacial score (nSPS) is 19.9. The van der Waals surface area contributed by atoms with E-state index in [1.165, 1.54) is 0 Å². The van der Waals surface area contributed by atoms with E-state index in [0.29, 0.717) is 11.5 Å². The Hall–Kier alpha value is -2.56. The third kappa shape index (κ3) is 2.81. The van der Waals surface area contributed by atoms with E-state index >= 15 is 0 Å². The number of hydrazine groups is 1. The Labute approximate surface area is 122 Å². The molecule has 5 nitrogen and oxygen atoms in total. The van der Waals surface area contributed by atoms with Crippen LogP contribution in [0.25, 0.3) is 5.69 Å². The van der Waals surface area contributed by atoms with Gasteiger partial charge >= 0.3 is 0 Å². The summed E-state index contributed by atoms with van der Waals surface area (Å²) in [6.45, 7) is 2.02. The number of carbonyl (C=O) groups is 2. The third-order valence-corrected chi connectivity index (χ3v) is 3.78. The molecule has 2 aromatic rings. The molecular formula is C16H17N3O2. The molecule has 2 atom stereocenters. The zero-order chi connectivity index (χ0) is 14.8. The van der Waals surface area contributed by atoms with Crippen molar-refractivity contribution < 1.29 is 9.59 Å². The van der Waals surface area contributed by atoms with Gasteiger partial charge in [0.25, 0.3) is 5.91 Å².